The highest BCUT2D eigenvalue weighted by Crippen LogP contribution is 2.32. The summed E-state index contributed by atoms with van der Waals surface area (Å²) < 4.78 is 13.9. The van der Waals surface area contributed by atoms with Crippen molar-refractivity contribution in [3.63, 3.8) is 0 Å². The number of hydrogen-bond acceptors (Lipinski definition) is 6. The van der Waals surface area contributed by atoms with Crippen molar-refractivity contribution in [2.75, 3.05) is 19.0 Å². The zero-order valence-electron chi connectivity index (χ0n) is 17.2. The van der Waals surface area contributed by atoms with Crippen molar-refractivity contribution in [1.29, 1.82) is 0 Å². The maximum absolute atomic E-state index is 13.9. The van der Waals surface area contributed by atoms with Crippen LogP contribution in [0.25, 0.3) is 0 Å². The molecule has 3 aromatic carbocycles. The Kier molecular flexibility index (Phi) is 6.52. The molecule has 0 amide bonds. The summed E-state index contributed by atoms with van der Waals surface area (Å²) in [4.78, 5) is 14.9. The van der Waals surface area contributed by atoms with Gasteiger partial charge in [-0.05, 0) is 79.2 Å². The first-order valence-electron chi connectivity index (χ1n) is 9.25. The zero-order valence-corrected chi connectivity index (χ0v) is 18.0. The summed E-state index contributed by atoms with van der Waals surface area (Å²) in [5, 5.41) is 18.2. The fraction of sp³-hybridized carbons (Fsp3) is 0.174. The first-order valence-corrected chi connectivity index (χ1v) is 10.1. The molecule has 3 rings (SSSR count). The van der Waals surface area contributed by atoms with Crippen LogP contribution >= 0.6 is 11.8 Å². The number of hydrogen-bond donors (Lipinski definition) is 1. The van der Waals surface area contributed by atoms with Gasteiger partial charge in [-0.2, -0.15) is 10.2 Å². The third-order valence-electron chi connectivity index (χ3n) is 4.45. The topological polar surface area (TPSA) is 65.3 Å². The number of nitrogens with zero attached hydrogens (tertiary/aromatic N) is 3. The van der Waals surface area contributed by atoms with Crippen molar-refractivity contribution in [3.05, 3.63) is 77.1 Å². The summed E-state index contributed by atoms with van der Waals surface area (Å²) in [6, 6.07) is 14.8. The van der Waals surface area contributed by atoms with Crippen molar-refractivity contribution in [2.45, 2.75) is 18.7 Å². The van der Waals surface area contributed by atoms with Gasteiger partial charge in [0, 0.05) is 25.3 Å². The van der Waals surface area contributed by atoms with Crippen molar-refractivity contribution in [3.8, 4) is 5.75 Å². The lowest BCUT2D eigenvalue weighted by Gasteiger charge is -2.14. The lowest BCUT2D eigenvalue weighted by atomic mass is 10.1. The molecule has 0 aliphatic carbocycles. The number of rotatable bonds is 5. The average Bonchev–Trinajstić information content (AvgIpc) is 2.71. The van der Waals surface area contributed by atoms with Crippen molar-refractivity contribution in [1.82, 2.24) is 0 Å². The van der Waals surface area contributed by atoms with Gasteiger partial charge in [0.15, 0.2) is 0 Å². The summed E-state index contributed by atoms with van der Waals surface area (Å²) in [6.07, 6.45) is 0. The predicted molar refractivity (Wildman–Crippen MR) is 119 cm³/mol. The average molecular weight is 424 g/mol. The molecule has 0 aromatic heterocycles. The summed E-state index contributed by atoms with van der Waals surface area (Å²) in [5.74, 6) is -0.195. The molecule has 0 aliphatic rings. The molecule has 30 heavy (non-hydrogen) atoms. The maximum Gasteiger partial charge on any atom is 0.224 e. The molecule has 0 saturated carbocycles. The van der Waals surface area contributed by atoms with Gasteiger partial charge in [-0.1, -0.05) is 12.1 Å². The van der Waals surface area contributed by atoms with E-state index in [1.165, 1.54) is 6.07 Å². The van der Waals surface area contributed by atoms with E-state index in [0.717, 1.165) is 17.4 Å². The van der Waals surface area contributed by atoms with Crippen LogP contribution in [-0.4, -0.2) is 24.3 Å². The van der Waals surface area contributed by atoms with Crippen LogP contribution < -0.4 is 4.90 Å². The second-order valence-electron chi connectivity index (χ2n) is 7.08. The fourth-order valence-corrected chi connectivity index (χ4v) is 3.57. The monoisotopic (exact) mass is 423 g/mol. The van der Waals surface area contributed by atoms with E-state index in [9.17, 15) is 14.3 Å². The van der Waals surface area contributed by atoms with Gasteiger partial charge in [0.25, 0.3) is 0 Å². The number of anilines is 1. The molecular formula is C23H22FN3O2S. The molecule has 0 unspecified atom stereocenters. The minimum Gasteiger partial charge on any atom is -0.507 e. The second-order valence-corrected chi connectivity index (χ2v) is 8.10. The summed E-state index contributed by atoms with van der Waals surface area (Å²) in [5.41, 5.74) is 3.71. The van der Waals surface area contributed by atoms with Crippen molar-refractivity contribution in [2.24, 2.45) is 10.2 Å². The van der Waals surface area contributed by atoms with E-state index in [-0.39, 0.29) is 15.8 Å². The lowest BCUT2D eigenvalue weighted by molar-refractivity contribution is 0.108. The van der Waals surface area contributed by atoms with E-state index in [0.29, 0.717) is 28.1 Å². The van der Waals surface area contributed by atoms with Crippen LogP contribution in [0.5, 0.6) is 5.75 Å². The Morgan fingerprint density at radius 3 is 2.17 bits per heavy atom. The number of benzene rings is 3. The highest BCUT2D eigenvalue weighted by atomic mass is 32.2. The Hall–Kier alpha value is -3.19. The Morgan fingerprint density at radius 2 is 1.57 bits per heavy atom. The van der Waals surface area contributed by atoms with Gasteiger partial charge in [0.05, 0.1) is 16.3 Å². The van der Waals surface area contributed by atoms with Gasteiger partial charge >= 0.3 is 0 Å². The summed E-state index contributed by atoms with van der Waals surface area (Å²) >= 11 is 0.840. The van der Waals surface area contributed by atoms with Crippen LogP contribution in [0.1, 0.15) is 21.5 Å². The molecule has 0 atom stereocenters. The molecule has 0 spiro atoms. The minimum atomic E-state index is -0.433. The summed E-state index contributed by atoms with van der Waals surface area (Å²) in [7, 11) is 3.72. The van der Waals surface area contributed by atoms with Crippen LogP contribution in [0, 0.1) is 19.7 Å². The van der Waals surface area contributed by atoms with Crippen LogP contribution in [-0.2, 0) is 0 Å². The smallest absolute Gasteiger partial charge is 0.224 e. The molecule has 5 nitrogen and oxygen atoms in total. The highest BCUT2D eigenvalue weighted by molar-refractivity contribution is 8.14. The molecule has 0 radical (unpaired) electrons. The number of phenols is 1. The predicted octanol–water partition coefficient (Wildman–Crippen LogP) is 6.56. The first kappa shape index (κ1) is 21.5. The number of phenolic OH excluding ortho intramolecular Hbond substituents is 1. The van der Waals surface area contributed by atoms with E-state index in [4.69, 9.17) is 0 Å². The summed E-state index contributed by atoms with van der Waals surface area (Å²) in [6.45, 7) is 3.59. The number of carbonyl (C=O) groups excluding carboxylic acids is 1. The molecule has 0 bridgehead atoms. The van der Waals surface area contributed by atoms with Crippen molar-refractivity contribution >= 4 is 33.9 Å². The number of carbonyl (C=O) groups is 1. The van der Waals surface area contributed by atoms with Gasteiger partial charge in [0.2, 0.25) is 5.12 Å². The number of aryl methyl sites for hydroxylation is 2. The van der Waals surface area contributed by atoms with E-state index in [1.54, 1.807) is 56.3 Å². The quantitative estimate of drug-likeness (QED) is 0.373. The van der Waals surface area contributed by atoms with E-state index in [1.807, 2.05) is 25.1 Å². The second kappa shape index (κ2) is 9.09. The Morgan fingerprint density at radius 1 is 0.967 bits per heavy atom. The third kappa shape index (κ3) is 5.04. The molecule has 3 aromatic rings. The first-order chi connectivity index (χ1) is 14.2. The van der Waals surface area contributed by atoms with Gasteiger partial charge in [-0.3, -0.25) is 4.79 Å². The van der Waals surface area contributed by atoms with Crippen LogP contribution in [0.4, 0.5) is 21.5 Å². The molecule has 0 fully saturated rings. The highest BCUT2D eigenvalue weighted by Gasteiger charge is 2.14. The molecule has 154 valence electrons. The minimum absolute atomic E-state index is 0.238. The van der Waals surface area contributed by atoms with Crippen LogP contribution in [0.15, 0.2) is 69.7 Å². The van der Waals surface area contributed by atoms with E-state index in [2.05, 4.69) is 10.2 Å². The molecule has 0 heterocycles. The number of thioether (sulfide) groups is 1. The maximum atomic E-state index is 13.9. The van der Waals surface area contributed by atoms with Gasteiger partial charge < -0.3 is 10.0 Å². The molecule has 1 N–H and O–H groups in total. The number of aromatic hydroxyl groups is 1. The Labute approximate surface area is 179 Å². The number of azo groups is 1. The SMILES string of the molecule is Cc1cc(/N=N/c2cc(C(=O)Sc3ccccc3F)cc(N(C)C)c2)cc(C)c1O. The molecule has 7 heteroatoms. The standard InChI is InChI=1S/C23H22FN3O2S/c1-14-9-17(10-15(2)22(14)28)25-26-18-11-16(12-19(13-18)27(3)4)23(29)30-21-8-6-5-7-20(21)24/h5-13,28H,1-4H3/b26-25+. The van der Waals surface area contributed by atoms with E-state index < -0.39 is 5.82 Å². The van der Waals surface area contributed by atoms with Gasteiger partial charge in [-0.15, -0.1) is 0 Å². The van der Waals surface area contributed by atoms with Crippen LogP contribution in [0.2, 0.25) is 0 Å². The Bertz CT molecular complexity index is 1110. The van der Waals surface area contributed by atoms with Gasteiger partial charge in [0.1, 0.15) is 11.6 Å². The fourth-order valence-electron chi connectivity index (χ4n) is 2.82. The molecule has 0 saturated heterocycles. The normalized spacial score (nSPS) is 11.1. The van der Waals surface area contributed by atoms with Crippen molar-refractivity contribution < 1.29 is 14.3 Å². The largest absolute Gasteiger partial charge is 0.507 e. The van der Waals surface area contributed by atoms with Gasteiger partial charge in [-0.25, -0.2) is 4.39 Å². The zero-order chi connectivity index (χ0) is 21.8. The van der Waals surface area contributed by atoms with Crippen LogP contribution in [0.3, 0.4) is 0 Å². The molecule has 0 aliphatic heterocycles. The van der Waals surface area contributed by atoms with E-state index >= 15 is 0 Å². The third-order valence-corrected chi connectivity index (χ3v) is 5.42. The molecular weight excluding hydrogens is 401 g/mol. The number of halogens is 1. The Balaban J connectivity index is 1.93. The lowest BCUT2D eigenvalue weighted by Crippen LogP contribution is -2.09.